The van der Waals surface area contributed by atoms with Crippen molar-refractivity contribution in [3.05, 3.63) is 0 Å². The Labute approximate surface area is 164 Å². The molecule has 144 valence electrons. The summed E-state index contributed by atoms with van der Waals surface area (Å²) in [5.74, 6) is 0.00267. The smallest absolute Gasteiger partial charge is 0.307 e. The van der Waals surface area contributed by atoms with Crippen LogP contribution in [0.4, 0.5) is 0 Å². The predicted molar refractivity (Wildman–Crippen MR) is 104 cm³/mol. The van der Waals surface area contributed by atoms with Crippen molar-refractivity contribution in [2.75, 3.05) is 46.8 Å². The van der Waals surface area contributed by atoms with E-state index in [9.17, 15) is 4.79 Å². The molecule has 24 heavy (non-hydrogen) atoms. The van der Waals surface area contributed by atoms with Gasteiger partial charge in [0.25, 0.3) is 0 Å². The molecule has 0 aromatic rings. The molecule has 2 unspecified atom stereocenters. The molecule has 0 spiro atoms. The first-order valence-electron chi connectivity index (χ1n) is 8.44. The lowest BCUT2D eigenvalue weighted by Crippen LogP contribution is -2.45. The van der Waals surface area contributed by atoms with Crippen LogP contribution < -0.4 is 0 Å². The van der Waals surface area contributed by atoms with Gasteiger partial charge in [0.15, 0.2) is 0 Å². The summed E-state index contributed by atoms with van der Waals surface area (Å²) in [5.41, 5.74) is 0. The van der Waals surface area contributed by atoms with E-state index in [0.29, 0.717) is 18.5 Å². The SMILES string of the molecule is CN1CCN(CCC(=O)OC2CC3CCC(C2)N3C)CC1.Cl.Cl.Cl. The zero-order valence-corrected chi connectivity index (χ0v) is 17.1. The Bertz CT molecular complexity index is 368. The zero-order chi connectivity index (χ0) is 14.8. The third-order valence-corrected chi connectivity index (χ3v) is 5.58. The number of fused-ring (bicyclic) bond motifs is 2. The largest absolute Gasteiger partial charge is 0.462 e. The molecule has 3 fully saturated rings. The molecule has 5 nitrogen and oxygen atoms in total. The van der Waals surface area contributed by atoms with Gasteiger partial charge in [-0.3, -0.25) is 4.79 Å². The number of nitrogens with zero attached hydrogens (tertiary/aromatic N) is 3. The van der Waals surface area contributed by atoms with E-state index in [4.69, 9.17) is 4.74 Å². The van der Waals surface area contributed by atoms with Crippen LogP contribution >= 0.6 is 37.2 Å². The molecule has 3 aliphatic rings. The van der Waals surface area contributed by atoms with Crippen LogP contribution in [0.3, 0.4) is 0 Å². The maximum atomic E-state index is 12.1. The molecule has 3 heterocycles. The number of hydrogen-bond acceptors (Lipinski definition) is 5. The summed E-state index contributed by atoms with van der Waals surface area (Å²) in [7, 11) is 4.37. The fourth-order valence-corrected chi connectivity index (χ4v) is 4.02. The van der Waals surface area contributed by atoms with E-state index in [1.165, 1.54) is 12.8 Å². The Kier molecular flexibility index (Phi) is 11.1. The van der Waals surface area contributed by atoms with Gasteiger partial charge in [0.05, 0.1) is 6.42 Å². The highest BCUT2D eigenvalue weighted by Crippen LogP contribution is 2.35. The van der Waals surface area contributed by atoms with Crippen molar-refractivity contribution in [1.29, 1.82) is 0 Å². The highest BCUT2D eigenvalue weighted by molar-refractivity contribution is 5.86. The highest BCUT2D eigenvalue weighted by Gasteiger charge is 2.39. The summed E-state index contributed by atoms with van der Waals surface area (Å²) >= 11 is 0. The van der Waals surface area contributed by atoms with Gasteiger partial charge in [0.2, 0.25) is 0 Å². The average molecular weight is 405 g/mol. The van der Waals surface area contributed by atoms with Gasteiger partial charge in [0, 0.05) is 44.8 Å². The third kappa shape index (κ3) is 6.19. The Morgan fingerprint density at radius 2 is 1.50 bits per heavy atom. The number of carbonyl (C=O) groups excluding carboxylic acids is 1. The van der Waals surface area contributed by atoms with Gasteiger partial charge in [-0.05, 0) is 39.8 Å². The van der Waals surface area contributed by atoms with Gasteiger partial charge in [-0.1, -0.05) is 0 Å². The molecule has 0 aromatic carbocycles. The van der Waals surface area contributed by atoms with E-state index in [1.807, 2.05) is 0 Å². The van der Waals surface area contributed by atoms with Crippen molar-refractivity contribution in [2.45, 2.75) is 50.3 Å². The van der Waals surface area contributed by atoms with Crippen LogP contribution in [-0.4, -0.2) is 85.7 Å². The van der Waals surface area contributed by atoms with Gasteiger partial charge >= 0.3 is 5.97 Å². The van der Waals surface area contributed by atoms with E-state index >= 15 is 0 Å². The van der Waals surface area contributed by atoms with Crippen LogP contribution in [-0.2, 0) is 9.53 Å². The van der Waals surface area contributed by atoms with Gasteiger partial charge in [-0.15, -0.1) is 37.2 Å². The summed E-state index contributed by atoms with van der Waals surface area (Å²) in [6.07, 6.45) is 5.33. The standard InChI is InChI=1S/C16H29N3O2.3ClH/c1-17-7-9-19(10-8-17)6-5-16(20)21-15-11-13-3-4-14(12-15)18(13)2;;;/h13-15H,3-12H2,1-2H3;3*1H. The van der Waals surface area contributed by atoms with E-state index in [-0.39, 0.29) is 49.3 Å². The number of esters is 1. The van der Waals surface area contributed by atoms with E-state index < -0.39 is 0 Å². The van der Waals surface area contributed by atoms with Crippen molar-refractivity contribution >= 4 is 43.2 Å². The third-order valence-electron chi connectivity index (χ3n) is 5.58. The molecule has 0 aromatic heterocycles. The number of piperidine rings is 1. The Hall–Kier alpha value is 0.220. The van der Waals surface area contributed by atoms with E-state index in [2.05, 4.69) is 28.8 Å². The zero-order valence-electron chi connectivity index (χ0n) is 14.7. The summed E-state index contributed by atoms with van der Waals surface area (Å²) in [5, 5.41) is 0. The van der Waals surface area contributed by atoms with Crippen molar-refractivity contribution in [3.63, 3.8) is 0 Å². The van der Waals surface area contributed by atoms with Gasteiger partial charge in [0.1, 0.15) is 6.10 Å². The topological polar surface area (TPSA) is 36.0 Å². The minimum Gasteiger partial charge on any atom is -0.462 e. The molecule has 3 saturated heterocycles. The monoisotopic (exact) mass is 403 g/mol. The van der Waals surface area contributed by atoms with Crippen molar-refractivity contribution in [1.82, 2.24) is 14.7 Å². The Morgan fingerprint density at radius 1 is 0.958 bits per heavy atom. The van der Waals surface area contributed by atoms with E-state index in [1.54, 1.807) is 0 Å². The fourth-order valence-electron chi connectivity index (χ4n) is 4.02. The Balaban J connectivity index is 0.00000176. The molecule has 2 bridgehead atoms. The minimum absolute atomic E-state index is 0. The second-order valence-corrected chi connectivity index (χ2v) is 7.03. The predicted octanol–water partition coefficient (Wildman–Crippen LogP) is 2.06. The number of carbonyl (C=O) groups is 1. The number of piperazine rings is 1. The van der Waals surface area contributed by atoms with Crippen LogP contribution in [0.2, 0.25) is 0 Å². The molecule has 0 N–H and O–H groups in total. The first-order chi connectivity index (χ1) is 10.1. The number of halogens is 3. The lowest BCUT2D eigenvalue weighted by atomic mass is 10.0. The lowest BCUT2D eigenvalue weighted by molar-refractivity contribution is -0.152. The van der Waals surface area contributed by atoms with Crippen molar-refractivity contribution in [3.8, 4) is 0 Å². The van der Waals surface area contributed by atoms with Crippen LogP contribution in [0.15, 0.2) is 0 Å². The second-order valence-electron chi connectivity index (χ2n) is 7.03. The van der Waals surface area contributed by atoms with Gasteiger partial charge in [-0.25, -0.2) is 0 Å². The summed E-state index contributed by atoms with van der Waals surface area (Å²) in [6.45, 7) is 5.21. The molecule has 0 aliphatic carbocycles. The summed E-state index contributed by atoms with van der Waals surface area (Å²) < 4.78 is 5.73. The van der Waals surface area contributed by atoms with Crippen LogP contribution in [0.25, 0.3) is 0 Å². The molecule has 8 heteroatoms. The Morgan fingerprint density at radius 3 is 2.04 bits per heavy atom. The number of ether oxygens (including phenoxy) is 1. The highest BCUT2D eigenvalue weighted by atomic mass is 35.5. The summed E-state index contributed by atoms with van der Waals surface area (Å²) in [6, 6.07) is 1.28. The van der Waals surface area contributed by atoms with Gasteiger partial charge in [-0.2, -0.15) is 0 Å². The minimum atomic E-state index is 0. The number of rotatable bonds is 4. The second kappa shape index (κ2) is 11.0. The number of hydrogen-bond donors (Lipinski definition) is 0. The molecule has 3 rings (SSSR count). The summed E-state index contributed by atoms with van der Waals surface area (Å²) in [4.78, 5) is 19.3. The molecular weight excluding hydrogens is 373 g/mol. The number of likely N-dealkylation sites (N-methyl/N-ethyl adjacent to an activating group) is 1. The maximum Gasteiger partial charge on any atom is 0.307 e. The first kappa shape index (κ1) is 24.2. The van der Waals surface area contributed by atoms with Crippen LogP contribution in [0, 0.1) is 0 Å². The quantitative estimate of drug-likeness (QED) is 0.670. The molecule has 2 atom stereocenters. The average Bonchev–Trinajstić information content (AvgIpc) is 2.69. The van der Waals surface area contributed by atoms with E-state index in [0.717, 1.165) is 45.6 Å². The lowest BCUT2D eigenvalue weighted by Gasteiger charge is -2.36. The van der Waals surface area contributed by atoms with Crippen molar-refractivity contribution in [2.24, 2.45) is 0 Å². The molecule has 0 amide bonds. The fraction of sp³-hybridized carbons (Fsp3) is 0.938. The normalized spacial score (nSPS) is 30.7. The molecular formula is C16H32Cl3N3O2. The molecule has 0 radical (unpaired) electrons. The maximum absolute atomic E-state index is 12.1. The van der Waals surface area contributed by atoms with Gasteiger partial charge < -0.3 is 19.4 Å². The van der Waals surface area contributed by atoms with Crippen LogP contribution in [0.1, 0.15) is 32.1 Å². The molecule has 3 aliphatic heterocycles. The first-order valence-corrected chi connectivity index (χ1v) is 8.44. The van der Waals surface area contributed by atoms with Crippen LogP contribution in [0.5, 0.6) is 0 Å². The van der Waals surface area contributed by atoms with Crippen molar-refractivity contribution < 1.29 is 9.53 Å². The molecule has 0 saturated carbocycles.